The molecule has 1 amide bonds. The summed E-state index contributed by atoms with van der Waals surface area (Å²) in [6, 6.07) is 3.26. The average molecular weight is 299 g/mol. The number of benzene rings is 1. The Bertz CT molecular complexity index is 520. The Labute approximate surface area is 121 Å². The van der Waals surface area contributed by atoms with Gasteiger partial charge in [0.2, 0.25) is 5.91 Å². The number of carbonyl (C=O) groups is 2. The van der Waals surface area contributed by atoms with Gasteiger partial charge in [-0.1, -0.05) is 0 Å². The molecule has 21 heavy (non-hydrogen) atoms. The molecule has 2 atom stereocenters. The second-order valence-electron chi connectivity index (χ2n) is 4.55. The van der Waals surface area contributed by atoms with Gasteiger partial charge in [-0.25, -0.2) is 9.18 Å². The standard InChI is InChI=1S/C14H18FNO5/c1-8(17)16-4-3-12(18)13(19)9-5-10(14(20)21-2)7-11(15)6-9/h5-7,12-13,18-19H,3-4H2,1-2H3,(H,16,17). The van der Waals surface area contributed by atoms with Gasteiger partial charge in [0.15, 0.2) is 0 Å². The molecule has 0 aliphatic heterocycles. The van der Waals surface area contributed by atoms with Gasteiger partial charge in [-0.3, -0.25) is 4.79 Å². The van der Waals surface area contributed by atoms with Crippen LogP contribution >= 0.6 is 0 Å². The summed E-state index contributed by atoms with van der Waals surface area (Å²) in [7, 11) is 1.16. The number of aliphatic hydroxyl groups is 2. The first-order valence-electron chi connectivity index (χ1n) is 6.34. The molecular weight excluding hydrogens is 281 g/mol. The van der Waals surface area contributed by atoms with Crippen LogP contribution in [0.5, 0.6) is 0 Å². The Kier molecular flexibility index (Phi) is 6.26. The van der Waals surface area contributed by atoms with Gasteiger partial charge in [0.1, 0.15) is 11.9 Å². The molecule has 0 aromatic heterocycles. The van der Waals surface area contributed by atoms with Crippen LogP contribution in [0.4, 0.5) is 4.39 Å². The maximum atomic E-state index is 13.4. The molecule has 7 heteroatoms. The van der Waals surface area contributed by atoms with E-state index in [1.54, 1.807) is 0 Å². The molecule has 3 N–H and O–H groups in total. The zero-order valence-corrected chi connectivity index (χ0v) is 11.8. The fourth-order valence-corrected chi connectivity index (χ4v) is 1.79. The molecule has 2 unspecified atom stereocenters. The smallest absolute Gasteiger partial charge is 0.337 e. The number of rotatable bonds is 6. The van der Waals surface area contributed by atoms with Crippen molar-refractivity contribution >= 4 is 11.9 Å². The number of aliphatic hydroxyl groups excluding tert-OH is 2. The lowest BCUT2D eigenvalue weighted by molar-refractivity contribution is -0.119. The predicted octanol–water partition coefficient (Wildman–Crippen LogP) is 0.533. The summed E-state index contributed by atoms with van der Waals surface area (Å²) < 4.78 is 17.9. The third kappa shape index (κ3) is 5.13. The Morgan fingerprint density at radius 1 is 1.33 bits per heavy atom. The van der Waals surface area contributed by atoms with E-state index < -0.39 is 24.0 Å². The van der Waals surface area contributed by atoms with Crippen LogP contribution in [0.25, 0.3) is 0 Å². The summed E-state index contributed by atoms with van der Waals surface area (Å²) in [6.45, 7) is 1.50. The van der Waals surface area contributed by atoms with E-state index >= 15 is 0 Å². The highest BCUT2D eigenvalue weighted by Gasteiger charge is 2.20. The van der Waals surface area contributed by atoms with Crippen molar-refractivity contribution in [2.24, 2.45) is 0 Å². The molecule has 0 aliphatic carbocycles. The first kappa shape index (κ1) is 17.1. The largest absolute Gasteiger partial charge is 0.465 e. The first-order valence-corrected chi connectivity index (χ1v) is 6.34. The summed E-state index contributed by atoms with van der Waals surface area (Å²) in [4.78, 5) is 22.1. The van der Waals surface area contributed by atoms with Crippen molar-refractivity contribution in [3.05, 3.63) is 35.1 Å². The van der Waals surface area contributed by atoms with Gasteiger partial charge >= 0.3 is 5.97 Å². The lowest BCUT2D eigenvalue weighted by Crippen LogP contribution is -2.27. The number of ether oxygens (including phenoxy) is 1. The molecule has 0 spiro atoms. The zero-order chi connectivity index (χ0) is 16.0. The van der Waals surface area contributed by atoms with Crippen LogP contribution in [0, 0.1) is 5.82 Å². The fourth-order valence-electron chi connectivity index (χ4n) is 1.79. The topological polar surface area (TPSA) is 95.9 Å². The second kappa shape index (κ2) is 7.70. The van der Waals surface area contributed by atoms with Crippen molar-refractivity contribution in [1.82, 2.24) is 5.32 Å². The van der Waals surface area contributed by atoms with Crippen LogP contribution in [0.15, 0.2) is 18.2 Å². The van der Waals surface area contributed by atoms with Crippen molar-refractivity contribution in [2.45, 2.75) is 25.6 Å². The van der Waals surface area contributed by atoms with E-state index in [1.807, 2.05) is 0 Å². The van der Waals surface area contributed by atoms with Crippen molar-refractivity contribution in [3.8, 4) is 0 Å². The highest BCUT2D eigenvalue weighted by Crippen LogP contribution is 2.21. The third-order valence-electron chi connectivity index (χ3n) is 2.86. The molecule has 0 aliphatic rings. The second-order valence-corrected chi connectivity index (χ2v) is 4.55. The summed E-state index contributed by atoms with van der Waals surface area (Å²) >= 11 is 0. The van der Waals surface area contributed by atoms with Crippen LogP contribution in [0.1, 0.15) is 35.4 Å². The molecular formula is C14H18FNO5. The monoisotopic (exact) mass is 299 g/mol. The van der Waals surface area contributed by atoms with Crippen LogP contribution < -0.4 is 5.32 Å². The van der Waals surface area contributed by atoms with Gasteiger partial charge in [0.25, 0.3) is 0 Å². The quantitative estimate of drug-likeness (QED) is 0.666. The van der Waals surface area contributed by atoms with Gasteiger partial charge in [0, 0.05) is 13.5 Å². The molecule has 0 radical (unpaired) electrons. The lowest BCUT2D eigenvalue weighted by atomic mass is 10.00. The van der Waals surface area contributed by atoms with Gasteiger partial charge < -0.3 is 20.3 Å². The molecule has 1 aromatic carbocycles. The van der Waals surface area contributed by atoms with Gasteiger partial charge in [0.05, 0.1) is 18.8 Å². The third-order valence-corrected chi connectivity index (χ3v) is 2.86. The lowest BCUT2D eigenvalue weighted by Gasteiger charge is -2.19. The Morgan fingerprint density at radius 3 is 2.57 bits per heavy atom. The van der Waals surface area contributed by atoms with Crippen LogP contribution in [0.2, 0.25) is 0 Å². The van der Waals surface area contributed by atoms with E-state index in [-0.39, 0.29) is 30.0 Å². The summed E-state index contributed by atoms with van der Waals surface area (Å²) in [5.74, 6) is -1.72. The molecule has 6 nitrogen and oxygen atoms in total. The summed E-state index contributed by atoms with van der Waals surface area (Å²) in [6.07, 6.45) is -2.49. The number of esters is 1. The maximum absolute atomic E-state index is 13.4. The number of hydrogen-bond acceptors (Lipinski definition) is 5. The highest BCUT2D eigenvalue weighted by atomic mass is 19.1. The molecule has 0 saturated carbocycles. The predicted molar refractivity (Wildman–Crippen MR) is 72.0 cm³/mol. The molecule has 1 rings (SSSR count). The minimum absolute atomic E-state index is 0.0550. The minimum Gasteiger partial charge on any atom is -0.465 e. The minimum atomic E-state index is -1.38. The maximum Gasteiger partial charge on any atom is 0.337 e. The van der Waals surface area contributed by atoms with E-state index in [0.29, 0.717) is 0 Å². The SMILES string of the molecule is COC(=O)c1cc(F)cc(C(O)C(O)CCNC(C)=O)c1. The molecule has 0 saturated heterocycles. The Hall–Kier alpha value is -1.99. The zero-order valence-electron chi connectivity index (χ0n) is 11.8. The van der Waals surface area contributed by atoms with Gasteiger partial charge in [-0.15, -0.1) is 0 Å². The highest BCUT2D eigenvalue weighted by molar-refractivity contribution is 5.89. The molecule has 116 valence electrons. The summed E-state index contributed by atoms with van der Waals surface area (Å²) in [5, 5.41) is 22.3. The average Bonchev–Trinajstić information content (AvgIpc) is 2.44. The Morgan fingerprint density at radius 2 is 2.00 bits per heavy atom. The van der Waals surface area contributed by atoms with Crippen molar-refractivity contribution in [3.63, 3.8) is 0 Å². The van der Waals surface area contributed by atoms with E-state index in [1.165, 1.54) is 13.0 Å². The van der Waals surface area contributed by atoms with Crippen molar-refractivity contribution < 1.29 is 28.9 Å². The molecule has 1 aromatic rings. The number of amides is 1. The number of methoxy groups -OCH3 is 1. The number of carbonyl (C=O) groups excluding carboxylic acids is 2. The number of halogens is 1. The van der Waals surface area contributed by atoms with E-state index in [4.69, 9.17) is 0 Å². The fraction of sp³-hybridized carbons (Fsp3) is 0.429. The number of hydrogen-bond donors (Lipinski definition) is 3. The van der Waals surface area contributed by atoms with Gasteiger partial charge in [-0.05, 0) is 30.2 Å². The normalized spacial score (nSPS) is 13.4. The first-order chi connectivity index (χ1) is 9.85. The number of nitrogens with one attached hydrogen (secondary N) is 1. The van der Waals surface area contributed by atoms with E-state index in [9.17, 15) is 24.2 Å². The molecule has 0 heterocycles. The van der Waals surface area contributed by atoms with Crippen molar-refractivity contribution in [1.29, 1.82) is 0 Å². The van der Waals surface area contributed by atoms with Gasteiger partial charge in [-0.2, -0.15) is 0 Å². The summed E-state index contributed by atoms with van der Waals surface area (Å²) in [5.41, 5.74) is 0.00587. The van der Waals surface area contributed by atoms with Crippen molar-refractivity contribution in [2.75, 3.05) is 13.7 Å². The van der Waals surface area contributed by atoms with Crippen LogP contribution in [-0.2, 0) is 9.53 Å². The Balaban J connectivity index is 2.81. The van der Waals surface area contributed by atoms with Crippen LogP contribution in [0.3, 0.4) is 0 Å². The van der Waals surface area contributed by atoms with E-state index in [2.05, 4.69) is 10.1 Å². The van der Waals surface area contributed by atoms with Crippen LogP contribution in [-0.4, -0.2) is 41.8 Å². The molecule has 0 fully saturated rings. The van der Waals surface area contributed by atoms with E-state index in [0.717, 1.165) is 19.2 Å². The molecule has 0 bridgehead atoms.